The van der Waals surface area contributed by atoms with Gasteiger partial charge in [-0.2, -0.15) is 0 Å². The van der Waals surface area contributed by atoms with Crippen molar-refractivity contribution >= 4 is 43.6 Å². The number of hydrogen-bond donors (Lipinski definition) is 0. The lowest BCUT2D eigenvalue weighted by atomic mass is 10.0. The fourth-order valence-corrected chi connectivity index (χ4v) is 3.79. The fraction of sp³-hybridized carbons (Fsp3) is 0. The first kappa shape index (κ1) is 14.4. The van der Waals surface area contributed by atoms with Crippen molar-refractivity contribution in [2.75, 3.05) is 0 Å². The SMILES string of the molecule is c1ccc2c(c1)ccc1nc(-c3cc4oc5ccccc5c4cn3)ccc12. The molecule has 6 aromatic rings. The van der Waals surface area contributed by atoms with Crippen LogP contribution in [-0.4, -0.2) is 9.97 Å². The van der Waals surface area contributed by atoms with Crippen molar-refractivity contribution in [3.05, 3.63) is 85.1 Å². The Morgan fingerprint density at radius 2 is 1.44 bits per heavy atom. The molecule has 3 aromatic carbocycles. The van der Waals surface area contributed by atoms with Gasteiger partial charge in [-0.25, -0.2) is 4.98 Å². The maximum Gasteiger partial charge on any atom is 0.139 e. The van der Waals surface area contributed by atoms with Crippen molar-refractivity contribution < 1.29 is 4.42 Å². The second-order valence-electron chi connectivity index (χ2n) is 6.71. The van der Waals surface area contributed by atoms with E-state index in [9.17, 15) is 0 Å². The normalized spacial score (nSPS) is 11.7. The summed E-state index contributed by atoms with van der Waals surface area (Å²) in [4.78, 5) is 9.50. The van der Waals surface area contributed by atoms with E-state index in [-0.39, 0.29) is 0 Å². The molecule has 0 N–H and O–H groups in total. The highest BCUT2D eigenvalue weighted by atomic mass is 16.3. The Hall–Kier alpha value is -3.72. The standard InChI is InChI=1S/C24H14N2O/c1-2-6-16-15(5-1)9-11-20-17(16)10-12-21(26-20)22-13-24-19(14-25-22)18-7-3-4-8-23(18)27-24/h1-14H. The van der Waals surface area contributed by atoms with Crippen LogP contribution in [0.2, 0.25) is 0 Å². The number of fused-ring (bicyclic) bond motifs is 6. The third kappa shape index (κ3) is 2.15. The molecule has 0 aliphatic rings. The first-order valence-corrected chi connectivity index (χ1v) is 8.93. The molecule has 27 heavy (non-hydrogen) atoms. The van der Waals surface area contributed by atoms with Gasteiger partial charge in [0.2, 0.25) is 0 Å². The van der Waals surface area contributed by atoms with Crippen LogP contribution >= 0.6 is 0 Å². The Kier molecular flexibility index (Phi) is 2.88. The fourth-order valence-electron chi connectivity index (χ4n) is 3.79. The number of pyridine rings is 2. The van der Waals surface area contributed by atoms with Crippen LogP contribution in [0.1, 0.15) is 0 Å². The lowest BCUT2D eigenvalue weighted by Gasteiger charge is -2.06. The Morgan fingerprint density at radius 3 is 2.41 bits per heavy atom. The molecule has 0 aliphatic heterocycles. The lowest BCUT2D eigenvalue weighted by Crippen LogP contribution is -1.89. The molecule has 3 heterocycles. The van der Waals surface area contributed by atoms with E-state index in [1.807, 2.05) is 36.5 Å². The topological polar surface area (TPSA) is 38.9 Å². The molecule has 0 atom stereocenters. The number of benzene rings is 3. The summed E-state index contributed by atoms with van der Waals surface area (Å²) in [6.45, 7) is 0. The van der Waals surface area contributed by atoms with Gasteiger partial charge in [0.1, 0.15) is 11.2 Å². The molecule has 0 fully saturated rings. The van der Waals surface area contributed by atoms with Gasteiger partial charge in [-0.15, -0.1) is 0 Å². The molecule has 0 unspecified atom stereocenters. The van der Waals surface area contributed by atoms with Gasteiger partial charge in [0.15, 0.2) is 0 Å². The zero-order valence-electron chi connectivity index (χ0n) is 14.4. The van der Waals surface area contributed by atoms with Crippen LogP contribution in [0.15, 0.2) is 89.5 Å². The van der Waals surface area contributed by atoms with Gasteiger partial charge in [0, 0.05) is 28.4 Å². The Morgan fingerprint density at radius 1 is 0.593 bits per heavy atom. The molecule has 0 amide bonds. The summed E-state index contributed by atoms with van der Waals surface area (Å²) in [7, 11) is 0. The first-order valence-electron chi connectivity index (χ1n) is 8.93. The summed E-state index contributed by atoms with van der Waals surface area (Å²) in [6.07, 6.45) is 1.88. The molecule has 0 saturated heterocycles. The van der Waals surface area contributed by atoms with Crippen molar-refractivity contribution in [3.63, 3.8) is 0 Å². The third-order valence-electron chi connectivity index (χ3n) is 5.12. The molecule has 3 aromatic heterocycles. The van der Waals surface area contributed by atoms with Crippen LogP contribution in [0.4, 0.5) is 0 Å². The van der Waals surface area contributed by atoms with Gasteiger partial charge in [0.05, 0.1) is 16.9 Å². The molecule has 0 spiro atoms. The highest BCUT2D eigenvalue weighted by Crippen LogP contribution is 2.31. The van der Waals surface area contributed by atoms with Gasteiger partial charge in [-0.3, -0.25) is 4.98 Å². The van der Waals surface area contributed by atoms with Crippen molar-refractivity contribution in [1.82, 2.24) is 9.97 Å². The quantitative estimate of drug-likeness (QED) is 0.326. The zero-order valence-corrected chi connectivity index (χ0v) is 14.4. The van der Waals surface area contributed by atoms with Crippen molar-refractivity contribution in [2.45, 2.75) is 0 Å². The van der Waals surface area contributed by atoms with E-state index in [1.54, 1.807) is 0 Å². The van der Waals surface area contributed by atoms with Crippen molar-refractivity contribution in [1.29, 1.82) is 0 Å². The Labute approximate surface area is 154 Å². The molecule has 3 nitrogen and oxygen atoms in total. The van der Waals surface area contributed by atoms with Crippen LogP contribution in [0.5, 0.6) is 0 Å². The van der Waals surface area contributed by atoms with E-state index in [4.69, 9.17) is 9.40 Å². The highest BCUT2D eigenvalue weighted by molar-refractivity contribution is 6.07. The Bertz CT molecular complexity index is 1480. The largest absolute Gasteiger partial charge is 0.456 e. The van der Waals surface area contributed by atoms with Crippen LogP contribution in [0.25, 0.3) is 55.0 Å². The van der Waals surface area contributed by atoms with E-state index in [0.29, 0.717) is 0 Å². The second kappa shape index (κ2) is 5.39. The average molecular weight is 346 g/mol. The molecule has 0 aliphatic carbocycles. The number of furan rings is 1. The van der Waals surface area contributed by atoms with E-state index >= 15 is 0 Å². The predicted octanol–water partition coefficient (Wildman–Crippen LogP) is 6.35. The smallest absolute Gasteiger partial charge is 0.139 e. The van der Waals surface area contributed by atoms with Gasteiger partial charge >= 0.3 is 0 Å². The van der Waals surface area contributed by atoms with E-state index < -0.39 is 0 Å². The number of nitrogens with zero attached hydrogens (tertiary/aromatic N) is 2. The molecule has 3 heteroatoms. The van der Waals surface area contributed by atoms with E-state index in [0.717, 1.165) is 44.2 Å². The summed E-state index contributed by atoms with van der Waals surface area (Å²) >= 11 is 0. The number of rotatable bonds is 1. The molecule has 0 bridgehead atoms. The van der Waals surface area contributed by atoms with E-state index in [1.165, 1.54) is 10.8 Å². The Balaban J connectivity index is 1.56. The minimum Gasteiger partial charge on any atom is -0.456 e. The first-order chi connectivity index (χ1) is 13.4. The molecular formula is C24H14N2O. The lowest BCUT2D eigenvalue weighted by molar-refractivity contribution is 0.668. The van der Waals surface area contributed by atoms with E-state index in [2.05, 4.69) is 53.5 Å². The molecule has 6 rings (SSSR count). The zero-order chi connectivity index (χ0) is 17.8. The van der Waals surface area contributed by atoms with Crippen LogP contribution < -0.4 is 0 Å². The van der Waals surface area contributed by atoms with Crippen molar-refractivity contribution in [3.8, 4) is 11.4 Å². The van der Waals surface area contributed by atoms with Crippen LogP contribution in [-0.2, 0) is 0 Å². The summed E-state index contributed by atoms with van der Waals surface area (Å²) in [5.41, 5.74) is 4.35. The summed E-state index contributed by atoms with van der Waals surface area (Å²) in [5.74, 6) is 0. The summed E-state index contributed by atoms with van der Waals surface area (Å²) in [6, 6.07) is 26.7. The second-order valence-corrected chi connectivity index (χ2v) is 6.71. The number of hydrogen-bond acceptors (Lipinski definition) is 3. The summed E-state index contributed by atoms with van der Waals surface area (Å²) < 4.78 is 5.99. The van der Waals surface area contributed by atoms with Crippen molar-refractivity contribution in [2.24, 2.45) is 0 Å². The van der Waals surface area contributed by atoms with Crippen LogP contribution in [0.3, 0.4) is 0 Å². The minimum absolute atomic E-state index is 0.816. The maximum absolute atomic E-state index is 5.99. The maximum atomic E-state index is 5.99. The summed E-state index contributed by atoms with van der Waals surface area (Å²) in [5, 5.41) is 5.71. The highest BCUT2D eigenvalue weighted by Gasteiger charge is 2.10. The molecular weight excluding hydrogens is 332 g/mol. The molecule has 126 valence electrons. The van der Waals surface area contributed by atoms with Gasteiger partial charge in [-0.1, -0.05) is 48.5 Å². The van der Waals surface area contributed by atoms with Gasteiger partial charge < -0.3 is 4.42 Å². The van der Waals surface area contributed by atoms with Gasteiger partial charge in [-0.05, 0) is 35.0 Å². The average Bonchev–Trinajstić information content (AvgIpc) is 3.11. The van der Waals surface area contributed by atoms with Gasteiger partial charge in [0.25, 0.3) is 0 Å². The van der Waals surface area contributed by atoms with Crippen LogP contribution in [0, 0.1) is 0 Å². The number of para-hydroxylation sites is 1. The third-order valence-corrected chi connectivity index (χ3v) is 5.12. The molecule has 0 saturated carbocycles. The minimum atomic E-state index is 0.816. The predicted molar refractivity (Wildman–Crippen MR) is 110 cm³/mol. The molecule has 0 radical (unpaired) electrons. The monoisotopic (exact) mass is 346 g/mol. The number of aromatic nitrogens is 2.